The van der Waals surface area contributed by atoms with Gasteiger partial charge in [0.1, 0.15) is 11.5 Å². The van der Waals surface area contributed by atoms with Crippen molar-refractivity contribution in [2.24, 2.45) is 5.92 Å². The van der Waals surface area contributed by atoms with Crippen LogP contribution >= 0.6 is 0 Å². The summed E-state index contributed by atoms with van der Waals surface area (Å²) in [7, 11) is 0. The maximum absolute atomic E-state index is 5.54. The molecule has 0 spiro atoms. The van der Waals surface area contributed by atoms with Crippen molar-refractivity contribution in [1.29, 1.82) is 0 Å². The predicted molar refractivity (Wildman–Crippen MR) is 84.3 cm³/mol. The highest BCUT2D eigenvalue weighted by molar-refractivity contribution is 5.31. The molecule has 1 aromatic carbocycles. The van der Waals surface area contributed by atoms with Crippen LogP contribution in [-0.4, -0.2) is 11.7 Å². The Morgan fingerprint density at radius 3 is 2.86 bits per heavy atom. The lowest BCUT2D eigenvalue weighted by atomic mass is 9.82. The maximum atomic E-state index is 5.54. The van der Waals surface area contributed by atoms with Crippen molar-refractivity contribution in [2.45, 2.75) is 45.6 Å². The van der Waals surface area contributed by atoms with Gasteiger partial charge in [0.15, 0.2) is 0 Å². The summed E-state index contributed by atoms with van der Waals surface area (Å²) < 4.78 is 5.54. The van der Waals surface area contributed by atoms with Gasteiger partial charge in [-0.1, -0.05) is 49.3 Å². The molecule has 0 bridgehead atoms. The molecule has 0 saturated heterocycles. The van der Waals surface area contributed by atoms with Gasteiger partial charge in [-0.25, -0.2) is 0 Å². The van der Waals surface area contributed by atoms with Crippen molar-refractivity contribution in [2.75, 3.05) is 6.54 Å². The minimum absolute atomic E-state index is 0.599. The molecule has 3 heteroatoms. The Morgan fingerprint density at radius 1 is 1.29 bits per heavy atom. The van der Waals surface area contributed by atoms with Crippen LogP contribution in [0.1, 0.15) is 48.8 Å². The van der Waals surface area contributed by atoms with Gasteiger partial charge in [0.2, 0.25) is 0 Å². The summed E-state index contributed by atoms with van der Waals surface area (Å²) in [6.45, 7) is 6.27. The molecule has 2 aromatic rings. The summed E-state index contributed by atoms with van der Waals surface area (Å²) in [5.74, 6) is 2.36. The first-order valence-electron chi connectivity index (χ1n) is 7.96. The van der Waals surface area contributed by atoms with E-state index in [2.05, 4.69) is 54.7 Å². The third-order valence-corrected chi connectivity index (χ3v) is 4.24. The van der Waals surface area contributed by atoms with Gasteiger partial charge in [-0.15, -0.1) is 0 Å². The summed E-state index contributed by atoms with van der Waals surface area (Å²) in [6, 6.07) is 10.8. The first-order valence-corrected chi connectivity index (χ1v) is 7.96. The van der Waals surface area contributed by atoms with Crippen LogP contribution in [0.15, 0.2) is 34.9 Å². The van der Waals surface area contributed by atoms with Crippen LogP contribution in [0.4, 0.5) is 0 Å². The Balaban J connectivity index is 1.71. The van der Waals surface area contributed by atoms with Crippen molar-refractivity contribution in [1.82, 2.24) is 10.5 Å². The smallest absolute Gasteiger partial charge is 0.140 e. The zero-order valence-electron chi connectivity index (χ0n) is 12.9. The summed E-state index contributed by atoms with van der Waals surface area (Å²) >= 11 is 0. The Bertz CT molecular complexity index is 574. The molecule has 1 aliphatic rings. The van der Waals surface area contributed by atoms with E-state index in [-0.39, 0.29) is 0 Å². The first kappa shape index (κ1) is 14.3. The van der Waals surface area contributed by atoms with E-state index in [1.54, 1.807) is 0 Å². The number of benzene rings is 1. The molecule has 1 unspecified atom stereocenters. The SMILES string of the molecule is CC(C)CNCc1noc2c1CC(c1ccccc1)CC2. The molecule has 21 heavy (non-hydrogen) atoms. The van der Waals surface area contributed by atoms with E-state index in [1.807, 2.05) is 0 Å². The van der Waals surface area contributed by atoms with Crippen molar-refractivity contribution >= 4 is 0 Å². The second-order valence-electron chi connectivity index (χ2n) is 6.41. The fraction of sp³-hybridized carbons (Fsp3) is 0.500. The quantitative estimate of drug-likeness (QED) is 0.910. The van der Waals surface area contributed by atoms with Gasteiger partial charge >= 0.3 is 0 Å². The summed E-state index contributed by atoms with van der Waals surface area (Å²) in [5.41, 5.74) is 3.88. The molecule has 0 radical (unpaired) electrons. The molecule has 3 nitrogen and oxygen atoms in total. The monoisotopic (exact) mass is 284 g/mol. The topological polar surface area (TPSA) is 38.1 Å². The second kappa shape index (κ2) is 6.44. The number of hydrogen-bond donors (Lipinski definition) is 1. The van der Waals surface area contributed by atoms with Gasteiger partial charge in [-0.3, -0.25) is 0 Å². The molecule has 112 valence electrons. The van der Waals surface area contributed by atoms with Crippen LogP contribution in [0.5, 0.6) is 0 Å². The Morgan fingerprint density at radius 2 is 2.10 bits per heavy atom. The van der Waals surface area contributed by atoms with Crippen LogP contribution in [0.3, 0.4) is 0 Å². The Labute approximate surface area is 126 Å². The molecule has 1 atom stereocenters. The molecule has 3 rings (SSSR count). The van der Waals surface area contributed by atoms with Crippen molar-refractivity contribution in [3.05, 3.63) is 52.9 Å². The second-order valence-corrected chi connectivity index (χ2v) is 6.41. The minimum Gasteiger partial charge on any atom is -0.361 e. The van der Waals surface area contributed by atoms with Crippen molar-refractivity contribution in [3.8, 4) is 0 Å². The minimum atomic E-state index is 0.599. The number of nitrogens with zero attached hydrogens (tertiary/aromatic N) is 1. The van der Waals surface area contributed by atoms with Gasteiger partial charge in [-0.05, 0) is 36.8 Å². The van der Waals surface area contributed by atoms with Crippen LogP contribution in [0.25, 0.3) is 0 Å². The summed E-state index contributed by atoms with van der Waals surface area (Å²) in [5, 5.41) is 7.75. The summed E-state index contributed by atoms with van der Waals surface area (Å²) in [6.07, 6.45) is 3.22. The number of rotatable bonds is 5. The Kier molecular flexibility index (Phi) is 4.39. The average molecular weight is 284 g/mol. The molecule has 0 fully saturated rings. The predicted octanol–water partition coefficient (Wildman–Crippen LogP) is 3.69. The lowest BCUT2D eigenvalue weighted by molar-refractivity contribution is 0.361. The van der Waals surface area contributed by atoms with Gasteiger partial charge < -0.3 is 9.84 Å². The largest absolute Gasteiger partial charge is 0.361 e. The zero-order chi connectivity index (χ0) is 14.7. The lowest BCUT2D eigenvalue weighted by Gasteiger charge is -2.21. The first-order chi connectivity index (χ1) is 10.2. The number of aryl methyl sites for hydroxylation is 1. The number of aromatic nitrogens is 1. The number of fused-ring (bicyclic) bond motifs is 1. The van der Waals surface area contributed by atoms with Gasteiger partial charge in [0, 0.05) is 18.5 Å². The van der Waals surface area contributed by atoms with E-state index in [4.69, 9.17) is 4.52 Å². The zero-order valence-corrected chi connectivity index (χ0v) is 12.9. The number of hydrogen-bond acceptors (Lipinski definition) is 3. The third kappa shape index (κ3) is 3.35. The maximum Gasteiger partial charge on any atom is 0.140 e. The molecule has 1 N–H and O–H groups in total. The molecule has 0 amide bonds. The standard InChI is InChI=1S/C18H24N2O/c1-13(2)11-19-12-17-16-10-15(8-9-18(16)21-20-17)14-6-4-3-5-7-14/h3-7,13,15,19H,8-12H2,1-2H3. The molecule has 1 aliphatic carbocycles. The van der Waals surface area contributed by atoms with Crippen LogP contribution in [0, 0.1) is 5.92 Å². The van der Waals surface area contributed by atoms with E-state index in [9.17, 15) is 0 Å². The molecule has 1 heterocycles. The van der Waals surface area contributed by atoms with Gasteiger partial charge in [-0.2, -0.15) is 0 Å². The van der Waals surface area contributed by atoms with Crippen LogP contribution < -0.4 is 5.32 Å². The van der Waals surface area contributed by atoms with Crippen molar-refractivity contribution < 1.29 is 4.52 Å². The molecule has 0 aliphatic heterocycles. The van der Waals surface area contributed by atoms with E-state index in [0.717, 1.165) is 43.8 Å². The van der Waals surface area contributed by atoms with E-state index in [0.29, 0.717) is 11.8 Å². The highest BCUT2D eigenvalue weighted by Crippen LogP contribution is 2.34. The fourth-order valence-electron chi connectivity index (χ4n) is 3.09. The molecular formula is C18H24N2O. The van der Waals surface area contributed by atoms with Gasteiger partial charge in [0.25, 0.3) is 0 Å². The molecular weight excluding hydrogens is 260 g/mol. The molecule has 0 saturated carbocycles. The van der Waals surface area contributed by atoms with E-state index < -0.39 is 0 Å². The highest BCUT2D eigenvalue weighted by Gasteiger charge is 2.26. The van der Waals surface area contributed by atoms with Crippen LogP contribution in [0.2, 0.25) is 0 Å². The Hall–Kier alpha value is -1.61. The van der Waals surface area contributed by atoms with Crippen molar-refractivity contribution in [3.63, 3.8) is 0 Å². The average Bonchev–Trinajstić information content (AvgIpc) is 2.90. The lowest BCUT2D eigenvalue weighted by Crippen LogP contribution is -2.21. The summed E-state index contributed by atoms with van der Waals surface area (Å²) in [4.78, 5) is 0. The number of nitrogens with one attached hydrogen (secondary N) is 1. The van der Waals surface area contributed by atoms with Crippen LogP contribution in [-0.2, 0) is 19.4 Å². The normalized spacial score (nSPS) is 18.0. The van der Waals surface area contributed by atoms with E-state index in [1.165, 1.54) is 11.1 Å². The fourth-order valence-corrected chi connectivity index (χ4v) is 3.09. The highest BCUT2D eigenvalue weighted by atomic mass is 16.5. The third-order valence-electron chi connectivity index (χ3n) is 4.24. The molecule has 1 aromatic heterocycles. The van der Waals surface area contributed by atoms with Gasteiger partial charge in [0.05, 0.1) is 0 Å². The van der Waals surface area contributed by atoms with E-state index >= 15 is 0 Å².